The molecule has 2 bridgehead atoms. The maximum Gasteiger partial charge on any atom is 0.323 e. The summed E-state index contributed by atoms with van der Waals surface area (Å²) in [5, 5.41) is 9.86. The van der Waals surface area contributed by atoms with Crippen molar-refractivity contribution in [2.75, 3.05) is 19.7 Å². The third kappa shape index (κ3) is 2.36. The van der Waals surface area contributed by atoms with E-state index in [4.69, 9.17) is 0 Å². The number of piperidine rings is 3. The molecule has 4 atom stereocenters. The summed E-state index contributed by atoms with van der Waals surface area (Å²) in [5.74, 6) is 0.261. The number of carbonyl (C=O) groups is 2. The van der Waals surface area contributed by atoms with Gasteiger partial charge in [-0.25, -0.2) is 4.79 Å². The molecule has 1 aromatic rings. The maximum atomic E-state index is 12.7. The van der Waals surface area contributed by atoms with Crippen LogP contribution >= 0.6 is 0 Å². The highest BCUT2D eigenvalue weighted by Gasteiger charge is 2.49. The van der Waals surface area contributed by atoms with Gasteiger partial charge in [0.15, 0.2) is 0 Å². The fourth-order valence-electron chi connectivity index (χ4n) is 4.79. The van der Waals surface area contributed by atoms with Crippen LogP contribution in [0, 0.1) is 11.8 Å². The lowest BCUT2D eigenvalue weighted by Crippen LogP contribution is -2.66. The first-order chi connectivity index (χ1) is 11.6. The van der Waals surface area contributed by atoms with Crippen LogP contribution in [-0.4, -0.2) is 68.5 Å². The Bertz CT molecular complexity index is 697. The molecule has 2 amide bonds. The Morgan fingerprint density at radius 3 is 2.79 bits per heavy atom. The molecule has 0 aliphatic carbocycles. The molecule has 8 nitrogen and oxygen atoms in total. The zero-order chi connectivity index (χ0) is 16.8. The van der Waals surface area contributed by atoms with Crippen LogP contribution in [0.1, 0.15) is 36.2 Å². The van der Waals surface area contributed by atoms with Gasteiger partial charge >= 0.3 is 5.69 Å². The summed E-state index contributed by atoms with van der Waals surface area (Å²) in [6.45, 7) is 1.03. The molecule has 0 saturated carbocycles. The Balaban J connectivity index is 1.60. The number of amides is 2. The Kier molecular flexibility index (Phi) is 3.71. The van der Waals surface area contributed by atoms with Gasteiger partial charge in [-0.1, -0.05) is 0 Å². The Morgan fingerprint density at radius 2 is 2.08 bits per heavy atom. The van der Waals surface area contributed by atoms with Gasteiger partial charge in [-0.2, -0.15) is 0 Å². The topological polar surface area (TPSA) is 110 Å². The maximum absolute atomic E-state index is 12.7. The number of hydrogen-bond acceptors (Lipinski definition) is 4. The molecule has 8 heteroatoms. The highest BCUT2D eigenvalue weighted by Crippen LogP contribution is 2.41. The number of aromatic nitrogens is 2. The van der Waals surface area contributed by atoms with Crippen molar-refractivity contribution in [1.29, 1.82) is 0 Å². The molecule has 24 heavy (non-hydrogen) atoms. The number of hydrogen-bond donors (Lipinski definition) is 3. The zero-order valence-electron chi connectivity index (χ0n) is 13.4. The SMILES string of the molecule is O=C(c1c[nH]c(=O)[nH]1)N1C[C@H]2C[C@@H](C1)[C@H](CO)N1C(=O)CCC[C@@H]21. The lowest BCUT2D eigenvalue weighted by atomic mass is 9.72. The van der Waals surface area contributed by atoms with Crippen molar-refractivity contribution in [2.45, 2.75) is 37.8 Å². The van der Waals surface area contributed by atoms with E-state index in [2.05, 4.69) is 9.97 Å². The number of likely N-dealkylation sites (tertiary alicyclic amines) is 1. The second-order valence-electron chi connectivity index (χ2n) is 7.13. The largest absolute Gasteiger partial charge is 0.394 e. The molecule has 0 spiro atoms. The van der Waals surface area contributed by atoms with Crippen LogP contribution < -0.4 is 5.69 Å². The van der Waals surface area contributed by atoms with E-state index in [9.17, 15) is 19.5 Å². The van der Waals surface area contributed by atoms with E-state index in [0.717, 1.165) is 19.3 Å². The summed E-state index contributed by atoms with van der Waals surface area (Å²) in [5.41, 5.74) is -0.134. The van der Waals surface area contributed by atoms with Gasteiger partial charge in [-0.05, 0) is 31.1 Å². The number of aromatic amines is 2. The number of aliphatic hydroxyl groups is 1. The fourth-order valence-corrected chi connectivity index (χ4v) is 4.79. The van der Waals surface area contributed by atoms with Crippen LogP contribution in [0.25, 0.3) is 0 Å². The Morgan fingerprint density at radius 1 is 1.29 bits per heavy atom. The van der Waals surface area contributed by atoms with Crippen molar-refractivity contribution in [3.05, 3.63) is 22.4 Å². The second-order valence-corrected chi connectivity index (χ2v) is 7.13. The number of rotatable bonds is 2. The molecule has 4 heterocycles. The minimum Gasteiger partial charge on any atom is -0.394 e. The monoisotopic (exact) mass is 334 g/mol. The number of carbonyl (C=O) groups excluding carboxylic acids is 2. The second kappa shape index (κ2) is 5.77. The number of nitrogens with zero attached hydrogens (tertiary/aromatic N) is 2. The summed E-state index contributed by atoms with van der Waals surface area (Å²) in [7, 11) is 0. The van der Waals surface area contributed by atoms with Crippen molar-refractivity contribution in [3.63, 3.8) is 0 Å². The molecule has 0 aromatic carbocycles. The van der Waals surface area contributed by atoms with E-state index in [0.29, 0.717) is 19.5 Å². The first-order valence-corrected chi connectivity index (χ1v) is 8.57. The Labute approximate surface area is 138 Å². The third-order valence-corrected chi connectivity index (χ3v) is 5.80. The number of nitrogens with one attached hydrogen (secondary N) is 2. The molecule has 0 radical (unpaired) electrons. The lowest BCUT2D eigenvalue weighted by molar-refractivity contribution is -0.154. The highest BCUT2D eigenvalue weighted by atomic mass is 16.3. The van der Waals surface area contributed by atoms with Gasteiger partial charge in [0.25, 0.3) is 5.91 Å². The van der Waals surface area contributed by atoms with Crippen molar-refractivity contribution < 1.29 is 14.7 Å². The summed E-state index contributed by atoms with van der Waals surface area (Å²) >= 11 is 0. The number of aliphatic hydroxyl groups excluding tert-OH is 1. The highest BCUT2D eigenvalue weighted by molar-refractivity contribution is 5.92. The van der Waals surface area contributed by atoms with Crippen LogP contribution in [-0.2, 0) is 4.79 Å². The van der Waals surface area contributed by atoms with Crippen LogP contribution in [0.15, 0.2) is 11.0 Å². The molecule has 3 aliphatic rings. The van der Waals surface area contributed by atoms with Gasteiger partial charge in [0.2, 0.25) is 5.91 Å². The van der Waals surface area contributed by atoms with Crippen LogP contribution in [0.5, 0.6) is 0 Å². The van der Waals surface area contributed by atoms with Gasteiger partial charge in [-0.15, -0.1) is 0 Å². The van der Waals surface area contributed by atoms with Gasteiger partial charge in [0.1, 0.15) is 5.69 Å². The third-order valence-electron chi connectivity index (χ3n) is 5.80. The molecule has 3 saturated heterocycles. The molecule has 3 fully saturated rings. The van der Waals surface area contributed by atoms with E-state index in [1.807, 2.05) is 4.90 Å². The minimum atomic E-state index is -0.396. The van der Waals surface area contributed by atoms with E-state index in [-0.39, 0.29) is 48.0 Å². The van der Waals surface area contributed by atoms with Crippen LogP contribution in [0.4, 0.5) is 0 Å². The quantitative estimate of drug-likeness (QED) is 0.679. The predicted molar refractivity (Wildman–Crippen MR) is 84.3 cm³/mol. The van der Waals surface area contributed by atoms with Crippen LogP contribution in [0.2, 0.25) is 0 Å². The average Bonchev–Trinajstić information content (AvgIpc) is 3.01. The summed E-state index contributed by atoms with van der Waals surface area (Å²) in [6.07, 6.45) is 4.70. The normalized spacial score (nSPS) is 32.6. The van der Waals surface area contributed by atoms with Crippen molar-refractivity contribution >= 4 is 11.8 Å². The summed E-state index contributed by atoms with van der Waals surface area (Å²) in [4.78, 5) is 44.9. The van der Waals surface area contributed by atoms with Crippen molar-refractivity contribution in [2.24, 2.45) is 11.8 Å². The van der Waals surface area contributed by atoms with E-state index < -0.39 is 5.69 Å². The van der Waals surface area contributed by atoms with Crippen molar-refractivity contribution in [3.8, 4) is 0 Å². The molecular formula is C16H22N4O4. The molecule has 3 aliphatic heterocycles. The van der Waals surface area contributed by atoms with E-state index in [1.54, 1.807) is 4.90 Å². The first kappa shape index (κ1) is 15.4. The smallest absolute Gasteiger partial charge is 0.323 e. The molecule has 0 unspecified atom stereocenters. The average molecular weight is 334 g/mol. The molecule has 4 rings (SSSR count). The fraction of sp³-hybridized carbons (Fsp3) is 0.688. The molecule has 1 aromatic heterocycles. The molecular weight excluding hydrogens is 312 g/mol. The van der Waals surface area contributed by atoms with Gasteiger partial charge in [0.05, 0.1) is 12.6 Å². The van der Waals surface area contributed by atoms with E-state index >= 15 is 0 Å². The van der Waals surface area contributed by atoms with Gasteiger partial charge in [0, 0.05) is 31.7 Å². The molecule has 130 valence electrons. The van der Waals surface area contributed by atoms with Gasteiger partial charge < -0.3 is 24.9 Å². The predicted octanol–water partition coefficient (Wildman–Crippen LogP) is -0.463. The number of H-pyrrole nitrogens is 2. The zero-order valence-corrected chi connectivity index (χ0v) is 13.4. The first-order valence-electron chi connectivity index (χ1n) is 8.57. The molecule has 3 N–H and O–H groups in total. The minimum absolute atomic E-state index is 0.0668. The lowest BCUT2D eigenvalue weighted by Gasteiger charge is -2.56. The number of imidazole rings is 1. The van der Waals surface area contributed by atoms with Gasteiger partial charge in [-0.3, -0.25) is 9.59 Å². The summed E-state index contributed by atoms with van der Waals surface area (Å²) < 4.78 is 0. The van der Waals surface area contributed by atoms with E-state index in [1.165, 1.54) is 6.20 Å². The number of fused-ring (bicyclic) bond motifs is 4. The summed E-state index contributed by atoms with van der Waals surface area (Å²) in [6, 6.07) is -0.0968. The van der Waals surface area contributed by atoms with Crippen LogP contribution in [0.3, 0.4) is 0 Å². The Hall–Kier alpha value is -2.09. The van der Waals surface area contributed by atoms with Crippen molar-refractivity contribution in [1.82, 2.24) is 19.8 Å². The standard InChI is InChI=1S/C16H22N4O4/c21-8-13-10-4-9(12-2-1-3-14(22)20(12)13)6-19(7-10)15(23)11-5-17-16(24)18-11/h5,9-10,12-13,21H,1-4,6-8H2,(H2,17,18,24)/t9-,10+,12+,13+/m1/s1.